The van der Waals surface area contributed by atoms with E-state index in [1.165, 1.54) is 0 Å². The maximum absolute atomic E-state index is 12.1. The van der Waals surface area contributed by atoms with E-state index in [0.717, 1.165) is 31.8 Å². The molecule has 0 N–H and O–H groups in total. The van der Waals surface area contributed by atoms with E-state index in [2.05, 4.69) is 20.4 Å². The molecule has 6 nitrogen and oxygen atoms in total. The Labute approximate surface area is 151 Å². The van der Waals surface area contributed by atoms with Crippen molar-refractivity contribution >= 4 is 11.9 Å². The topological polar surface area (TPSA) is 71.1 Å². The van der Waals surface area contributed by atoms with Crippen LogP contribution in [-0.4, -0.2) is 45.0 Å². The Morgan fingerprint density at radius 1 is 0.920 bits per heavy atom. The number of carbonyl (C=O) groups excluding carboxylic acids is 2. The third kappa shape index (κ3) is 12.4. The summed E-state index contributed by atoms with van der Waals surface area (Å²) in [6.45, 7) is 11.3. The predicted octanol–water partition coefficient (Wildman–Crippen LogP) is 3.56. The van der Waals surface area contributed by atoms with Gasteiger partial charge in [0.1, 0.15) is 12.4 Å². The van der Waals surface area contributed by atoms with Gasteiger partial charge in [0.05, 0.1) is 18.8 Å². The molecule has 0 unspecified atom stereocenters. The lowest BCUT2D eigenvalue weighted by Gasteiger charge is -2.12. The van der Waals surface area contributed by atoms with Crippen molar-refractivity contribution in [3.63, 3.8) is 0 Å². The number of hydrogen-bond donors (Lipinski definition) is 0. The molecule has 6 heteroatoms. The van der Waals surface area contributed by atoms with Crippen molar-refractivity contribution in [1.29, 1.82) is 0 Å². The van der Waals surface area contributed by atoms with Crippen LogP contribution >= 0.6 is 0 Å². The van der Waals surface area contributed by atoms with Gasteiger partial charge in [0.15, 0.2) is 0 Å². The van der Waals surface area contributed by atoms with Crippen molar-refractivity contribution in [2.75, 3.05) is 33.0 Å². The van der Waals surface area contributed by atoms with Gasteiger partial charge < -0.3 is 18.9 Å². The molecule has 0 amide bonds. The van der Waals surface area contributed by atoms with Gasteiger partial charge >= 0.3 is 11.9 Å². The van der Waals surface area contributed by atoms with Crippen LogP contribution in [0.1, 0.15) is 52.9 Å². The molecular weight excluding hydrogens is 324 g/mol. The van der Waals surface area contributed by atoms with E-state index in [0.29, 0.717) is 32.8 Å². The van der Waals surface area contributed by atoms with Gasteiger partial charge in [-0.25, -0.2) is 9.59 Å². The lowest BCUT2D eigenvalue weighted by atomic mass is 10.2. The smallest absolute Gasteiger partial charge is 0.337 e. The second kappa shape index (κ2) is 15.8. The lowest BCUT2D eigenvalue weighted by Crippen LogP contribution is -2.15. The molecule has 0 aliphatic rings. The molecule has 25 heavy (non-hydrogen) atoms. The normalized spacial score (nSPS) is 11.6. The Balaban J connectivity index is 4.49. The molecular formula is C19H32O6. The van der Waals surface area contributed by atoms with Crippen LogP contribution in [0.25, 0.3) is 0 Å². The minimum Gasteiger partial charge on any atom is -0.460 e. The molecule has 0 bridgehead atoms. The Morgan fingerprint density at radius 2 is 1.52 bits per heavy atom. The molecule has 0 saturated heterocycles. The fourth-order valence-electron chi connectivity index (χ4n) is 1.76. The zero-order valence-electron chi connectivity index (χ0n) is 15.8. The van der Waals surface area contributed by atoms with Gasteiger partial charge in [-0.2, -0.15) is 0 Å². The van der Waals surface area contributed by atoms with Crippen molar-refractivity contribution in [3.8, 4) is 0 Å². The first-order valence-corrected chi connectivity index (χ1v) is 8.93. The van der Waals surface area contributed by atoms with Crippen molar-refractivity contribution in [2.45, 2.75) is 52.9 Å². The molecule has 0 aliphatic carbocycles. The highest BCUT2D eigenvalue weighted by atomic mass is 16.6. The summed E-state index contributed by atoms with van der Waals surface area (Å²) in [5.41, 5.74) is 0.253. The van der Waals surface area contributed by atoms with Crippen molar-refractivity contribution in [2.24, 2.45) is 0 Å². The molecule has 0 spiro atoms. The molecule has 0 saturated carbocycles. The van der Waals surface area contributed by atoms with Gasteiger partial charge in [-0.1, -0.05) is 33.3 Å². The average molecular weight is 356 g/mol. The second-order valence-corrected chi connectivity index (χ2v) is 5.49. The summed E-state index contributed by atoms with van der Waals surface area (Å²) in [5, 5.41) is 0. The zero-order chi connectivity index (χ0) is 18.9. The van der Waals surface area contributed by atoms with Crippen molar-refractivity contribution in [3.05, 3.63) is 24.0 Å². The van der Waals surface area contributed by atoms with Crippen LogP contribution in [0.5, 0.6) is 0 Å². The van der Waals surface area contributed by atoms with Crippen LogP contribution < -0.4 is 0 Å². The van der Waals surface area contributed by atoms with Crippen molar-refractivity contribution < 1.29 is 28.5 Å². The maximum atomic E-state index is 12.1. The summed E-state index contributed by atoms with van der Waals surface area (Å²) in [6, 6.07) is 0. The van der Waals surface area contributed by atoms with Gasteiger partial charge in [0, 0.05) is 25.7 Å². The van der Waals surface area contributed by atoms with Gasteiger partial charge in [-0.15, -0.1) is 0 Å². The number of ether oxygens (including phenoxy) is 4. The third-order valence-electron chi connectivity index (χ3n) is 3.33. The van der Waals surface area contributed by atoms with Gasteiger partial charge in [-0.3, -0.25) is 0 Å². The van der Waals surface area contributed by atoms with E-state index in [-0.39, 0.29) is 17.9 Å². The maximum Gasteiger partial charge on any atom is 0.337 e. The molecule has 0 atom stereocenters. The summed E-state index contributed by atoms with van der Waals surface area (Å²) in [5.74, 6) is -0.892. The van der Waals surface area contributed by atoms with E-state index in [1.807, 2.05) is 0 Å². The van der Waals surface area contributed by atoms with Crippen LogP contribution in [0.15, 0.2) is 24.0 Å². The molecule has 144 valence electrons. The summed E-state index contributed by atoms with van der Waals surface area (Å²) in [4.78, 5) is 23.5. The number of esters is 2. The fourth-order valence-corrected chi connectivity index (χ4v) is 1.76. The highest BCUT2D eigenvalue weighted by Gasteiger charge is 2.16. The van der Waals surface area contributed by atoms with Crippen LogP contribution in [0.2, 0.25) is 0 Å². The molecule has 0 aromatic heterocycles. The first-order chi connectivity index (χ1) is 12.1. The minimum atomic E-state index is -0.612. The summed E-state index contributed by atoms with van der Waals surface area (Å²) in [6.07, 6.45) is 5.41. The zero-order valence-corrected chi connectivity index (χ0v) is 15.8. The highest BCUT2D eigenvalue weighted by molar-refractivity contribution is 5.89. The van der Waals surface area contributed by atoms with Gasteiger partial charge in [0.25, 0.3) is 0 Å². The summed E-state index contributed by atoms with van der Waals surface area (Å²) in [7, 11) is 0. The van der Waals surface area contributed by atoms with Crippen LogP contribution in [0.4, 0.5) is 0 Å². The third-order valence-corrected chi connectivity index (χ3v) is 3.33. The SMILES string of the molecule is C=CC(=O)OC(CCOCCCC)=C(C)C(=O)OCCOCCCC. The molecule has 0 aromatic carbocycles. The van der Waals surface area contributed by atoms with E-state index in [1.54, 1.807) is 6.92 Å². The number of unbranched alkanes of at least 4 members (excludes halogenated alkanes) is 2. The number of carbonyl (C=O) groups is 2. The van der Waals surface area contributed by atoms with E-state index in [4.69, 9.17) is 18.9 Å². The molecule has 0 radical (unpaired) electrons. The number of hydrogen-bond acceptors (Lipinski definition) is 6. The van der Waals surface area contributed by atoms with E-state index in [9.17, 15) is 9.59 Å². The predicted molar refractivity (Wildman–Crippen MR) is 96.0 cm³/mol. The molecule has 0 aromatic rings. The quantitative estimate of drug-likeness (QED) is 0.193. The number of rotatable bonds is 15. The molecule has 0 fully saturated rings. The van der Waals surface area contributed by atoms with Crippen molar-refractivity contribution in [1.82, 2.24) is 0 Å². The highest BCUT2D eigenvalue weighted by Crippen LogP contribution is 2.13. The first-order valence-electron chi connectivity index (χ1n) is 8.93. The van der Waals surface area contributed by atoms with Gasteiger partial charge in [-0.05, 0) is 19.8 Å². The Morgan fingerprint density at radius 3 is 2.08 bits per heavy atom. The Hall–Kier alpha value is -1.66. The molecule has 0 aliphatic heterocycles. The monoisotopic (exact) mass is 356 g/mol. The standard InChI is InChI=1S/C19H32O6/c1-5-8-11-22-13-10-17(25-18(20)7-3)16(4)19(21)24-15-14-23-12-9-6-2/h7H,3,5-6,8-15H2,1-2,4H3. The van der Waals surface area contributed by atoms with E-state index >= 15 is 0 Å². The average Bonchev–Trinajstić information content (AvgIpc) is 2.62. The second-order valence-electron chi connectivity index (χ2n) is 5.49. The largest absolute Gasteiger partial charge is 0.460 e. The molecule has 0 rings (SSSR count). The molecule has 0 heterocycles. The Kier molecular flexibility index (Phi) is 14.8. The first kappa shape index (κ1) is 23.3. The van der Waals surface area contributed by atoms with Crippen LogP contribution in [0, 0.1) is 0 Å². The van der Waals surface area contributed by atoms with Crippen LogP contribution in [-0.2, 0) is 28.5 Å². The fraction of sp³-hybridized carbons (Fsp3) is 0.684. The van der Waals surface area contributed by atoms with E-state index < -0.39 is 11.9 Å². The minimum absolute atomic E-state index is 0.162. The van der Waals surface area contributed by atoms with Gasteiger partial charge in [0.2, 0.25) is 0 Å². The summed E-state index contributed by atoms with van der Waals surface area (Å²) >= 11 is 0. The lowest BCUT2D eigenvalue weighted by molar-refractivity contribution is -0.141. The summed E-state index contributed by atoms with van der Waals surface area (Å²) < 4.78 is 21.1. The Bertz CT molecular complexity index is 428. The van der Waals surface area contributed by atoms with Crippen LogP contribution in [0.3, 0.4) is 0 Å².